The van der Waals surface area contributed by atoms with E-state index in [0.717, 1.165) is 29.6 Å². The summed E-state index contributed by atoms with van der Waals surface area (Å²) in [4.78, 5) is 0. The maximum Gasteiger partial charge on any atom is 0.0490 e. The molecular formula is C13H18O. The monoisotopic (exact) mass is 190 g/mol. The fourth-order valence-corrected chi connectivity index (χ4v) is 5.44. The Bertz CT molecular complexity index is 308. The Balaban J connectivity index is 1.81. The average Bonchev–Trinajstić information content (AvgIpc) is 2.96. The zero-order valence-electron chi connectivity index (χ0n) is 8.52. The number of fused-ring (bicyclic) bond motifs is 9. The SMILES string of the molecule is OCC12CCC(C1)C1C3C=CC(C3)C12. The van der Waals surface area contributed by atoms with Crippen LogP contribution in [-0.4, -0.2) is 11.7 Å². The third-order valence-electron chi connectivity index (χ3n) is 5.77. The Labute approximate surface area is 85.2 Å². The number of rotatable bonds is 1. The van der Waals surface area contributed by atoms with Crippen LogP contribution in [0.3, 0.4) is 0 Å². The van der Waals surface area contributed by atoms with Crippen LogP contribution in [0.25, 0.3) is 0 Å². The molecule has 1 N–H and O–H groups in total. The van der Waals surface area contributed by atoms with Gasteiger partial charge >= 0.3 is 0 Å². The van der Waals surface area contributed by atoms with Crippen molar-refractivity contribution in [3.63, 3.8) is 0 Å². The normalized spacial score (nSPS) is 62.5. The van der Waals surface area contributed by atoms with E-state index in [1.807, 2.05) is 0 Å². The third kappa shape index (κ3) is 0.670. The minimum Gasteiger partial charge on any atom is -0.396 e. The second kappa shape index (κ2) is 2.27. The van der Waals surface area contributed by atoms with Gasteiger partial charge in [-0.15, -0.1) is 0 Å². The summed E-state index contributed by atoms with van der Waals surface area (Å²) in [6.45, 7) is 0.460. The lowest BCUT2D eigenvalue weighted by Crippen LogP contribution is -2.36. The molecule has 6 unspecified atom stereocenters. The van der Waals surface area contributed by atoms with Gasteiger partial charge in [-0.05, 0) is 60.7 Å². The van der Waals surface area contributed by atoms with E-state index >= 15 is 0 Å². The molecule has 0 radical (unpaired) electrons. The smallest absolute Gasteiger partial charge is 0.0490 e. The number of aliphatic hydroxyl groups is 1. The molecule has 6 atom stereocenters. The predicted octanol–water partition coefficient (Wildman–Crippen LogP) is 2.22. The molecule has 0 spiro atoms. The van der Waals surface area contributed by atoms with E-state index < -0.39 is 0 Å². The second-order valence-electron chi connectivity index (χ2n) is 6.07. The fraction of sp³-hybridized carbons (Fsp3) is 0.846. The maximum atomic E-state index is 9.69. The Morgan fingerprint density at radius 2 is 2.14 bits per heavy atom. The van der Waals surface area contributed by atoms with Gasteiger partial charge in [0, 0.05) is 6.61 Å². The van der Waals surface area contributed by atoms with Gasteiger partial charge in [0.15, 0.2) is 0 Å². The molecule has 4 bridgehead atoms. The predicted molar refractivity (Wildman–Crippen MR) is 54.6 cm³/mol. The van der Waals surface area contributed by atoms with Gasteiger partial charge in [0.05, 0.1) is 0 Å². The first-order valence-electron chi connectivity index (χ1n) is 6.13. The summed E-state index contributed by atoms with van der Waals surface area (Å²) < 4.78 is 0. The highest BCUT2D eigenvalue weighted by atomic mass is 16.3. The lowest BCUT2D eigenvalue weighted by atomic mass is 9.66. The summed E-state index contributed by atoms with van der Waals surface area (Å²) >= 11 is 0. The van der Waals surface area contributed by atoms with Crippen molar-refractivity contribution < 1.29 is 5.11 Å². The molecule has 0 aromatic heterocycles. The Kier molecular flexibility index (Phi) is 1.28. The molecule has 4 aliphatic rings. The van der Waals surface area contributed by atoms with Gasteiger partial charge in [-0.2, -0.15) is 0 Å². The van der Waals surface area contributed by atoms with Gasteiger partial charge in [-0.3, -0.25) is 0 Å². The third-order valence-corrected chi connectivity index (χ3v) is 5.77. The van der Waals surface area contributed by atoms with E-state index in [2.05, 4.69) is 12.2 Å². The van der Waals surface area contributed by atoms with Crippen molar-refractivity contribution in [3.05, 3.63) is 12.2 Å². The van der Waals surface area contributed by atoms with Crippen molar-refractivity contribution in [1.82, 2.24) is 0 Å². The quantitative estimate of drug-likeness (QED) is 0.496. The molecule has 0 amide bonds. The Morgan fingerprint density at radius 1 is 1.29 bits per heavy atom. The number of hydrogen-bond acceptors (Lipinski definition) is 1. The van der Waals surface area contributed by atoms with Crippen molar-refractivity contribution >= 4 is 0 Å². The van der Waals surface area contributed by atoms with Crippen LogP contribution in [0.15, 0.2) is 12.2 Å². The van der Waals surface area contributed by atoms with E-state index in [4.69, 9.17) is 0 Å². The molecule has 0 aromatic rings. The number of hydrogen-bond donors (Lipinski definition) is 1. The van der Waals surface area contributed by atoms with Crippen LogP contribution in [0.2, 0.25) is 0 Å². The highest BCUT2D eigenvalue weighted by Gasteiger charge is 2.64. The van der Waals surface area contributed by atoms with E-state index in [-0.39, 0.29) is 0 Å². The largest absolute Gasteiger partial charge is 0.396 e. The summed E-state index contributed by atoms with van der Waals surface area (Å²) in [5, 5.41) is 9.69. The molecule has 0 heterocycles. The summed E-state index contributed by atoms with van der Waals surface area (Å²) in [7, 11) is 0. The van der Waals surface area contributed by atoms with E-state index in [1.54, 1.807) is 0 Å². The molecule has 14 heavy (non-hydrogen) atoms. The van der Waals surface area contributed by atoms with Crippen LogP contribution in [0.1, 0.15) is 25.7 Å². The standard InChI is InChI=1S/C13H18O/c14-7-13-4-3-10(6-13)11-8-1-2-9(5-8)12(11)13/h1-2,8-12,14H,3-7H2. The second-order valence-corrected chi connectivity index (χ2v) is 6.07. The van der Waals surface area contributed by atoms with Crippen molar-refractivity contribution in [2.45, 2.75) is 25.7 Å². The van der Waals surface area contributed by atoms with Crippen LogP contribution >= 0.6 is 0 Å². The van der Waals surface area contributed by atoms with Crippen molar-refractivity contribution in [2.24, 2.45) is 35.0 Å². The first kappa shape index (κ1) is 7.92. The van der Waals surface area contributed by atoms with Crippen LogP contribution < -0.4 is 0 Å². The highest BCUT2D eigenvalue weighted by molar-refractivity contribution is 5.22. The van der Waals surface area contributed by atoms with Crippen molar-refractivity contribution in [2.75, 3.05) is 6.61 Å². The minimum atomic E-state index is 0.361. The molecule has 4 aliphatic carbocycles. The van der Waals surface area contributed by atoms with Crippen molar-refractivity contribution in [3.8, 4) is 0 Å². The topological polar surface area (TPSA) is 20.2 Å². The van der Waals surface area contributed by atoms with E-state index in [0.29, 0.717) is 12.0 Å². The Hall–Kier alpha value is -0.300. The molecule has 1 heteroatoms. The molecule has 3 saturated carbocycles. The molecular weight excluding hydrogens is 172 g/mol. The van der Waals surface area contributed by atoms with E-state index in [9.17, 15) is 5.11 Å². The molecule has 0 saturated heterocycles. The minimum absolute atomic E-state index is 0.361. The van der Waals surface area contributed by atoms with Gasteiger partial charge in [0.2, 0.25) is 0 Å². The molecule has 76 valence electrons. The van der Waals surface area contributed by atoms with Gasteiger partial charge in [-0.1, -0.05) is 12.2 Å². The zero-order chi connectivity index (χ0) is 9.34. The van der Waals surface area contributed by atoms with Crippen LogP contribution in [0, 0.1) is 35.0 Å². The van der Waals surface area contributed by atoms with Gasteiger partial charge in [-0.25, -0.2) is 0 Å². The summed E-state index contributed by atoms with van der Waals surface area (Å²) in [5.74, 6) is 4.52. The molecule has 1 nitrogen and oxygen atoms in total. The lowest BCUT2D eigenvalue weighted by Gasteiger charge is -2.39. The molecule has 0 aromatic carbocycles. The first-order valence-corrected chi connectivity index (χ1v) is 6.13. The fourth-order valence-electron chi connectivity index (χ4n) is 5.44. The number of allylic oxidation sites excluding steroid dienone is 2. The molecule has 0 aliphatic heterocycles. The van der Waals surface area contributed by atoms with Crippen molar-refractivity contribution in [1.29, 1.82) is 0 Å². The van der Waals surface area contributed by atoms with Crippen LogP contribution in [0.4, 0.5) is 0 Å². The summed E-state index contributed by atoms with van der Waals surface area (Å²) in [6.07, 6.45) is 10.4. The summed E-state index contributed by atoms with van der Waals surface area (Å²) in [5.41, 5.74) is 0.361. The van der Waals surface area contributed by atoms with Gasteiger partial charge in [0.1, 0.15) is 0 Å². The maximum absolute atomic E-state index is 9.69. The summed E-state index contributed by atoms with van der Waals surface area (Å²) in [6, 6.07) is 0. The van der Waals surface area contributed by atoms with Gasteiger partial charge in [0.25, 0.3) is 0 Å². The average molecular weight is 190 g/mol. The van der Waals surface area contributed by atoms with Crippen LogP contribution in [-0.2, 0) is 0 Å². The molecule has 4 rings (SSSR count). The highest BCUT2D eigenvalue weighted by Crippen LogP contribution is 2.70. The lowest BCUT2D eigenvalue weighted by molar-refractivity contribution is 0.0481. The van der Waals surface area contributed by atoms with Crippen LogP contribution in [0.5, 0.6) is 0 Å². The number of aliphatic hydroxyl groups excluding tert-OH is 1. The Morgan fingerprint density at radius 3 is 3.00 bits per heavy atom. The zero-order valence-corrected chi connectivity index (χ0v) is 8.52. The first-order chi connectivity index (χ1) is 6.84. The van der Waals surface area contributed by atoms with E-state index in [1.165, 1.54) is 25.7 Å². The van der Waals surface area contributed by atoms with Gasteiger partial charge < -0.3 is 5.11 Å². The molecule has 3 fully saturated rings.